The van der Waals surface area contributed by atoms with E-state index in [1.54, 1.807) is 0 Å². The van der Waals surface area contributed by atoms with Crippen LogP contribution in [0.15, 0.2) is 48.1 Å². The summed E-state index contributed by atoms with van der Waals surface area (Å²) in [4.78, 5) is 17.0. The molecule has 200 valence electrons. The van der Waals surface area contributed by atoms with E-state index >= 15 is 0 Å². The monoisotopic (exact) mass is 510 g/mol. The van der Waals surface area contributed by atoms with Gasteiger partial charge in [-0.05, 0) is 44.0 Å². The Morgan fingerprint density at radius 2 is 1.84 bits per heavy atom. The third-order valence-corrected chi connectivity index (χ3v) is 7.71. The van der Waals surface area contributed by atoms with Crippen LogP contribution in [0.2, 0.25) is 0 Å². The Labute approximate surface area is 218 Å². The highest BCUT2D eigenvalue weighted by Gasteiger charge is 2.40. The molecule has 0 aliphatic carbocycles. The largest absolute Gasteiger partial charge is 0.379 e. The highest BCUT2D eigenvalue weighted by Crippen LogP contribution is 2.35. The van der Waals surface area contributed by atoms with Crippen LogP contribution >= 0.6 is 0 Å². The lowest BCUT2D eigenvalue weighted by atomic mass is 10.2. The number of likely N-dealkylation sites (N-methyl/N-ethyl adjacent to an activating group) is 1. The number of benzene rings is 1. The number of nitrogens with one attached hydrogen (secondary N) is 3. The molecule has 2 atom stereocenters. The molecule has 11 heteroatoms. The molecule has 11 nitrogen and oxygen atoms in total. The molecule has 2 unspecified atom stereocenters. The quantitative estimate of drug-likeness (QED) is 0.505. The molecule has 0 saturated carbocycles. The Morgan fingerprint density at radius 1 is 1.08 bits per heavy atom. The van der Waals surface area contributed by atoms with Gasteiger partial charge in [0.25, 0.3) is 0 Å². The van der Waals surface area contributed by atoms with Crippen LogP contribution in [0.5, 0.6) is 0 Å². The van der Waals surface area contributed by atoms with E-state index in [1.165, 1.54) is 5.70 Å². The van der Waals surface area contributed by atoms with Crippen LogP contribution in [0.4, 0.5) is 16.2 Å². The zero-order valence-corrected chi connectivity index (χ0v) is 21.6. The summed E-state index contributed by atoms with van der Waals surface area (Å²) in [5.74, 6) is 0. The molecule has 2 amide bonds. The SMILES string of the molecule is CCN1NC=C2C1=CN(c1ccc(NC(=O)NCCN3CCOCC3)cc1)CN2N1CC2CCC(C1)O2. The van der Waals surface area contributed by atoms with E-state index in [2.05, 4.69) is 72.3 Å². The number of morpholine rings is 2. The summed E-state index contributed by atoms with van der Waals surface area (Å²) in [6.45, 7) is 10.4. The lowest BCUT2D eigenvalue weighted by molar-refractivity contribution is -0.114. The highest BCUT2D eigenvalue weighted by molar-refractivity contribution is 5.89. The fourth-order valence-electron chi connectivity index (χ4n) is 5.69. The number of hydrogen-bond donors (Lipinski definition) is 3. The minimum atomic E-state index is -0.181. The van der Waals surface area contributed by atoms with Crippen molar-refractivity contribution in [3.63, 3.8) is 0 Å². The number of fused-ring (bicyclic) bond motifs is 3. The maximum atomic E-state index is 12.4. The van der Waals surface area contributed by atoms with Crippen LogP contribution in [-0.2, 0) is 9.47 Å². The van der Waals surface area contributed by atoms with Crippen molar-refractivity contribution in [1.82, 2.24) is 30.7 Å². The fraction of sp³-hybridized carbons (Fsp3) is 0.577. The lowest BCUT2D eigenvalue weighted by Crippen LogP contribution is -2.56. The average Bonchev–Trinajstić information content (AvgIpc) is 3.50. The summed E-state index contributed by atoms with van der Waals surface area (Å²) in [6.07, 6.45) is 7.26. The van der Waals surface area contributed by atoms with Crippen molar-refractivity contribution in [1.29, 1.82) is 0 Å². The molecule has 2 bridgehead atoms. The van der Waals surface area contributed by atoms with Crippen LogP contribution in [0, 0.1) is 0 Å². The predicted molar refractivity (Wildman–Crippen MR) is 141 cm³/mol. The molecule has 3 N–H and O–H groups in total. The van der Waals surface area contributed by atoms with Crippen LogP contribution in [0.3, 0.4) is 0 Å². The van der Waals surface area contributed by atoms with E-state index in [1.807, 2.05) is 12.1 Å². The first-order valence-electron chi connectivity index (χ1n) is 13.5. The zero-order valence-electron chi connectivity index (χ0n) is 21.6. The number of carbonyl (C=O) groups excluding carboxylic acids is 1. The van der Waals surface area contributed by atoms with Gasteiger partial charge in [-0.25, -0.2) is 9.80 Å². The normalized spacial score (nSPS) is 25.9. The van der Waals surface area contributed by atoms with Gasteiger partial charge in [-0.1, -0.05) is 0 Å². The summed E-state index contributed by atoms with van der Waals surface area (Å²) < 4.78 is 11.5. The average molecular weight is 511 g/mol. The van der Waals surface area contributed by atoms with E-state index in [4.69, 9.17) is 9.47 Å². The Hall–Kier alpha value is -2.99. The van der Waals surface area contributed by atoms with Gasteiger partial charge in [0.2, 0.25) is 0 Å². The highest BCUT2D eigenvalue weighted by atomic mass is 16.5. The third kappa shape index (κ3) is 5.35. The first-order valence-corrected chi connectivity index (χ1v) is 13.5. The summed E-state index contributed by atoms with van der Waals surface area (Å²) in [7, 11) is 0. The number of nitrogens with zero attached hydrogens (tertiary/aromatic N) is 5. The Balaban J connectivity index is 1.09. The number of hydrazine groups is 2. The van der Waals surface area contributed by atoms with Gasteiger partial charge in [0, 0.05) is 69.6 Å². The number of urea groups is 1. The Kier molecular flexibility index (Phi) is 7.10. The van der Waals surface area contributed by atoms with Crippen molar-refractivity contribution in [2.45, 2.75) is 32.0 Å². The van der Waals surface area contributed by atoms with Gasteiger partial charge in [0.15, 0.2) is 0 Å². The molecular formula is C26H38N8O3. The standard InChI is InChI=1S/C26H38N8O3/c1-2-33-25-18-31(19-34(24(25)15-28-33)32-16-22-7-8-23(17-32)37-22)21-5-3-20(4-6-21)29-26(35)27-9-10-30-11-13-36-14-12-30/h3-6,15,18,22-23,28H,2,7-14,16-17,19H2,1H3,(H2,27,29,35). The summed E-state index contributed by atoms with van der Waals surface area (Å²) in [6, 6.07) is 7.87. The number of carbonyl (C=O) groups is 1. The second-order valence-corrected chi connectivity index (χ2v) is 10.1. The van der Waals surface area contributed by atoms with Crippen molar-refractivity contribution in [3.8, 4) is 0 Å². The molecule has 0 radical (unpaired) electrons. The molecule has 1 aromatic carbocycles. The van der Waals surface area contributed by atoms with Crippen LogP contribution in [0.25, 0.3) is 0 Å². The molecule has 5 aliphatic heterocycles. The Morgan fingerprint density at radius 3 is 2.57 bits per heavy atom. The molecule has 3 fully saturated rings. The van der Waals surface area contributed by atoms with Crippen molar-refractivity contribution in [3.05, 3.63) is 48.1 Å². The van der Waals surface area contributed by atoms with Crippen molar-refractivity contribution in [2.24, 2.45) is 0 Å². The molecule has 37 heavy (non-hydrogen) atoms. The molecule has 5 heterocycles. The van der Waals surface area contributed by atoms with Crippen molar-refractivity contribution >= 4 is 17.4 Å². The summed E-state index contributed by atoms with van der Waals surface area (Å²) >= 11 is 0. The number of amides is 2. The molecular weight excluding hydrogens is 472 g/mol. The molecule has 0 aromatic heterocycles. The number of ether oxygens (including phenoxy) is 2. The predicted octanol–water partition coefficient (Wildman–Crippen LogP) is 1.52. The van der Waals surface area contributed by atoms with Crippen LogP contribution in [-0.4, -0.2) is 104 Å². The molecule has 6 rings (SSSR count). The minimum Gasteiger partial charge on any atom is -0.379 e. The van der Waals surface area contributed by atoms with Crippen LogP contribution in [0.1, 0.15) is 19.8 Å². The van der Waals surface area contributed by atoms with Gasteiger partial charge in [-0.2, -0.15) is 0 Å². The maximum absolute atomic E-state index is 12.4. The van der Waals surface area contributed by atoms with E-state index < -0.39 is 0 Å². The van der Waals surface area contributed by atoms with E-state index in [-0.39, 0.29) is 6.03 Å². The second kappa shape index (κ2) is 10.8. The van der Waals surface area contributed by atoms with Gasteiger partial charge in [0.05, 0.1) is 36.8 Å². The van der Waals surface area contributed by atoms with Gasteiger partial charge < -0.3 is 30.4 Å². The molecule has 1 aromatic rings. The maximum Gasteiger partial charge on any atom is 0.319 e. The summed E-state index contributed by atoms with van der Waals surface area (Å²) in [5.41, 5.74) is 7.62. The number of anilines is 2. The van der Waals surface area contributed by atoms with Gasteiger partial charge in [-0.15, -0.1) is 0 Å². The van der Waals surface area contributed by atoms with Gasteiger partial charge >= 0.3 is 6.03 Å². The second-order valence-electron chi connectivity index (χ2n) is 10.1. The third-order valence-electron chi connectivity index (χ3n) is 7.71. The van der Waals surface area contributed by atoms with E-state index in [9.17, 15) is 4.79 Å². The Bertz CT molecular complexity index is 1010. The van der Waals surface area contributed by atoms with Crippen LogP contribution < -0.4 is 21.0 Å². The number of hydrogen-bond acceptors (Lipinski definition) is 9. The minimum absolute atomic E-state index is 0.181. The topological polar surface area (TPSA) is 87.8 Å². The molecule has 5 aliphatic rings. The van der Waals surface area contributed by atoms with Gasteiger partial charge in [0.1, 0.15) is 6.67 Å². The smallest absolute Gasteiger partial charge is 0.319 e. The molecule has 3 saturated heterocycles. The lowest BCUT2D eigenvalue weighted by Gasteiger charge is -2.46. The van der Waals surface area contributed by atoms with Crippen molar-refractivity contribution < 1.29 is 14.3 Å². The zero-order chi connectivity index (χ0) is 25.2. The van der Waals surface area contributed by atoms with E-state index in [0.717, 1.165) is 89.1 Å². The first-order chi connectivity index (χ1) is 18.2. The first kappa shape index (κ1) is 24.4. The molecule has 0 spiro atoms. The van der Waals surface area contributed by atoms with E-state index in [0.29, 0.717) is 18.8 Å². The summed E-state index contributed by atoms with van der Waals surface area (Å²) in [5, 5.41) is 12.9. The van der Waals surface area contributed by atoms with Gasteiger partial charge in [-0.3, -0.25) is 14.9 Å². The number of rotatable bonds is 7. The fourth-order valence-corrected chi connectivity index (χ4v) is 5.69. The van der Waals surface area contributed by atoms with Crippen molar-refractivity contribution in [2.75, 3.05) is 75.9 Å².